The van der Waals surface area contributed by atoms with Crippen LogP contribution in [-0.4, -0.2) is 45.4 Å². The fourth-order valence-corrected chi connectivity index (χ4v) is 2.28. The minimum atomic E-state index is -0.374. The molecule has 0 bridgehead atoms. The quantitative estimate of drug-likeness (QED) is 0.782. The summed E-state index contributed by atoms with van der Waals surface area (Å²) in [5.74, 6) is -0.587. The van der Waals surface area contributed by atoms with Gasteiger partial charge in [0, 0.05) is 18.4 Å². The number of fused-ring (bicyclic) bond motifs is 1. The molecular weight excluding hydrogens is 270 g/mol. The molecule has 1 aliphatic rings. The lowest BCUT2D eigenvalue weighted by Crippen LogP contribution is -2.38. The van der Waals surface area contributed by atoms with E-state index < -0.39 is 0 Å². The molecule has 0 atom stereocenters. The Kier molecular flexibility index (Phi) is 3.60. The fourth-order valence-electron chi connectivity index (χ4n) is 2.28. The van der Waals surface area contributed by atoms with Gasteiger partial charge in [0.15, 0.2) is 0 Å². The van der Waals surface area contributed by atoms with Gasteiger partial charge in [0.25, 0.3) is 5.91 Å². The maximum atomic E-state index is 12.6. The minimum Gasteiger partial charge on any atom is -0.465 e. The van der Waals surface area contributed by atoms with E-state index >= 15 is 0 Å². The number of pyridine rings is 1. The van der Waals surface area contributed by atoms with Gasteiger partial charge in [-0.15, -0.1) is 0 Å². The molecule has 2 aromatic heterocycles. The van der Waals surface area contributed by atoms with Gasteiger partial charge in [0.1, 0.15) is 17.9 Å². The molecule has 1 saturated carbocycles. The minimum absolute atomic E-state index is 0.00872. The zero-order chi connectivity index (χ0) is 14.8. The number of imidazole rings is 1. The van der Waals surface area contributed by atoms with Crippen LogP contribution in [0.5, 0.6) is 0 Å². The van der Waals surface area contributed by atoms with Gasteiger partial charge in [-0.25, -0.2) is 4.98 Å². The Labute approximate surface area is 122 Å². The molecule has 1 amide bonds. The van der Waals surface area contributed by atoms with Crippen LogP contribution < -0.4 is 0 Å². The molecule has 0 unspecified atom stereocenters. The van der Waals surface area contributed by atoms with Crippen molar-refractivity contribution in [1.82, 2.24) is 14.3 Å². The summed E-state index contributed by atoms with van der Waals surface area (Å²) in [5.41, 5.74) is 1.07. The Morgan fingerprint density at radius 2 is 2.24 bits per heavy atom. The molecule has 21 heavy (non-hydrogen) atoms. The van der Waals surface area contributed by atoms with Crippen molar-refractivity contribution in [3.63, 3.8) is 0 Å². The number of hydrogen-bond donors (Lipinski definition) is 0. The van der Waals surface area contributed by atoms with E-state index in [4.69, 9.17) is 4.74 Å². The smallest absolute Gasteiger partial charge is 0.325 e. The number of rotatable bonds is 5. The first-order chi connectivity index (χ1) is 10.2. The Bertz CT molecular complexity index is 643. The number of carbonyl (C=O) groups is 2. The average molecular weight is 287 g/mol. The molecule has 2 heterocycles. The summed E-state index contributed by atoms with van der Waals surface area (Å²) in [6.07, 6.45) is 5.39. The third-order valence-corrected chi connectivity index (χ3v) is 3.44. The first-order valence-electron chi connectivity index (χ1n) is 7.09. The van der Waals surface area contributed by atoms with E-state index in [0.717, 1.165) is 12.8 Å². The third kappa shape index (κ3) is 2.89. The summed E-state index contributed by atoms with van der Waals surface area (Å²) < 4.78 is 6.73. The van der Waals surface area contributed by atoms with Crippen molar-refractivity contribution in [1.29, 1.82) is 0 Å². The molecule has 0 radical (unpaired) electrons. The summed E-state index contributed by atoms with van der Waals surface area (Å²) in [6.45, 7) is 2.06. The lowest BCUT2D eigenvalue weighted by atomic mass is 10.3. The van der Waals surface area contributed by atoms with E-state index in [1.54, 1.807) is 22.4 Å². The molecule has 0 aromatic carbocycles. The van der Waals surface area contributed by atoms with E-state index in [9.17, 15) is 9.59 Å². The van der Waals surface area contributed by atoms with Crippen LogP contribution in [0.25, 0.3) is 5.65 Å². The van der Waals surface area contributed by atoms with Gasteiger partial charge in [-0.2, -0.15) is 0 Å². The molecule has 1 fully saturated rings. The molecule has 0 spiro atoms. The van der Waals surface area contributed by atoms with Crippen molar-refractivity contribution in [3.05, 3.63) is 36.3 Å². The van der Waals surface area contributed by atoms with E-state index in [2.05, 4.69) is 4.98 Å². The van der Waals surface area contributed by atoms with Crippen LogP contribution in [0.3, 0.4) is 0 Å². The normalized spacial score (nSPS) is 14.1. The number of amides is 1. The largest absolute Gasteiger partial charge is 0.465 e. The summed E-state index contributed by atoms with van der Waals surface area (Å²) in [4.78, 5) is 30.1. The molecule has 0 aliphatic heterocycles. The van der Waals surface area contributed by atoms with Crippen molar-refractivity contribution in [3.8, 4) is 0 Å². The number of hydrogen-bond acceptors (Lipinski definition) is 4. The topological polar surface area (TPSA) is 63.9 Å². The molecular formula is C15H17N3O3. The average Bonchev–Trinajstić information content (AvgIpc) is 3.22. The van der Waals surface area contributed by atoms with Crippen LogP contribution in [0.1, 0.15) is 30.3 Å². The Morgan fingerprint density at radius 3 is 2.90 bits per heavy atom. The first-order valence-corrected chi connectivity index (χ1v) is 7.09. The second-order valence-electron chi connectivity index (χ2n) is 5.06. The van der Waals surface area contributed by atoms with Gasteiger partial charge in [-0.05, 0) is 31.9 Å². The Balaban J connectivity index is 1.81. The summed E-state index contributed by atoms with van der Waals surface area (Å²) in [5, 5.41) is 0. The lowest BCUT2D eigenvalue weighted by Gasteiger charge is -2.20. The van der Waals surface area contributed by atoms with Crippen molar-refractivity contribution in [2.45, 2.75) is 25.8 Å². The van der Waals surface area contributed by atoms with Crippen molar-refractivity contribution in [2.75, 3.05) is 13.2 Å². The molecule has 0 saturated heterocycles. The van der Waals surface area contributed by atoms with E-state index in [0.29, 0.717) is 17.9 Å². The predicted molar refractivity (Wildman–Crippen MR) is 75.9 cm³/mol. The highest BCUT2D eigenvalue weighted by Gasteiger charge is 2.35. The maximum Gasteiger partial charge on any atom is 0.325 e. The molecule has 2 aromatic rings. The number of nitrogens with zero attached hydrogens (tertiary/aromatic N) is 3. The highest BCUT2D eigenvalue weighted by Crippen LogP contribution is 2.28. The van der Waals surface area contributed by atoms with Crippen molar-refractivity contribution < 1.29 is 14.3 Å². The molecule has 6 heteroatoms. The van der Waals surface area contributed by atoms with Gasteiger partial charge in [0.05, 0.1) is 6.61 Å². The number of esters is 1. The van der Waals surface area contributed by atoms with Crippen LogP contribution in [-0.2, 0) is 9.53 Å². The third-order valence-electron chi connectivity index (χ3n) is 3.44. The van der Waals surface area contributed by atoms with E-state index in [1.807, 2.05) is 24.4 Å². The monoisotopic (exact) mass is 287 g/mol. The zero-order valence-corrected chi connectivity index (χ0v) is 11.9. The van der Waals surface area contributed by atoms with Crippen LogP contribution >= 0.6 is 0 Å². The summed E-state index contributed by atoms with van der Waals surface area (Å²) >= 11 is 0. The van der Waals surface area contributed by atoms with Crippen molar-refractivity contribution in [2.24, 2.45) is 0 Å². The summed E-state index contributed by atoms with van der Waals surface area (Å²) in [6, 6.07) is 5.71. The predicted octanol–water partition coefficient (Wildman–Crippen LogP) is 1.50. The highest BCUT2D eigenvalue weighted by molar-refractivity contribution is 5.95. The second-order valence-corrected chi connectivity index (χ2v) is 5.06. The fraction of sp³-hybridized carbons (Fsp3) is 0.400. The zero-order valence-electron chi connectivity index (χ0n) is 11.9. The van der Waals surface area contributed by atoms with Gasteiger partial charge in [0.2, 0.25) is 0 Å². The molecule has 3 rings (SSSR count). The number of aromatic nitrogens is 2. The molecule has 6 nitrogen and oxygen atoms in total. The van der Waals surface area contributed by atoms with Crippen LogP contribution in [0.4, 0.5) is 0 Å². The van der Waals surface area contributed by atoms with Gasteiger partial charge in [-0.1, -0.05) is 6.07 Å². The van der Waals surface area contributed by atoms with Crippen molar-refractivity contribution >= 4 is 17.5 Å². The standard InChI is InChI=1S/C15H17N3O3/c1-2-21-14(19)10-18(11-6-7-11)15(20)12-9-17-8-4-3-5-13(17)16-12/h3-5,8-9,11H,2,6-7,10H2,1H3. The van der Waals surface area contributed by atoms with E-state index in [1.165, 1.54) is 0 Å². The molecule has 1 aliphatic carbocycles. The Morgan fingerprint density at radius 1 is 1.43 bits per heavy atom. The van der Waals surface area contributed by atoms with Gasteiger partial charge >= 0.3 is 5.97 Å². The van der Waals surface area contributed by atoms with Crippen LogP contribution in [0.2, 0.25) is 0 Å². The number of carbonyl (C=O) groups excluding carboxylic acids is 2. The van der Waals surface area contributed by atoms with E-state index in [-0.39, 0.29) is 24.5 Å². The van der Waals surface area contributed by atoms with Gasteiger partial charge < -0.3 is 14.0 Å². The van der Waals surface area contributed by atoms with Crippen LogP contribution in [0.15, 0.2) is 30.6 Å². The van der Waals surface area contributed by atoms with Crippen LogP contribution in [0, 0.1) is 0 Å². The number of ether oxygens (including phenoxy) is 1. The lowest BCUT2D eigenvalue weighted by molar-refractivity contribution is -0.144. The second kappa shape index (κ2) is 5.55. The first kappa shape index (κ1) is 13.6. The highest BCUT2D eigenvalue weighted by atomic mass is 16.5. The SMILES string of the molecule is CCOC(=O)CN(C(=O)c1cn2ccccc2n1)C1CC1. The Hall–Kier alpha value is -2.37. The summed E-state index contributed by atoms with van der Waals surface area (Å²) in [7, 11) is 0. The maximum absolute atomic E-state index is 12.6. The molecule has 110 valence electrons. The van der Waals surface area contributed by atoms with Gasteiger partial charge in [-0.3, -0.25) is 9.59 Å². The molecule has 0 N–H and O–H groups in total.